The topological polar surface area (TPSA) is 95.6 Å². The van der Waals surface area contributed by atoms with Gasteiger partial charge < -0.3 is 19.5 Å². The molecule has 2 amide bonds. The van der Waals surface area contributed by atoms with Gasteiger partial charge in [0.05, 0.1) is 19.5 Å². The summed E-state index contributed by atoms with van der Waals surface area (Å²) in [4.78, 5) is 46.1. The molecule has 0 radical (unpaired) electrons. The van der Waals surface area contributed by atoms with Gasteiger partial charge in [0.25, 0.3) is 5.56 Å². The van der Waals surface area contributed by atoms with Crippen molar-refractivity contribution in [1.29, 1.82) is 0 Å². The quantitative estimate of drug-likeness (QED) is 0.826. The maximum Gasteiger partial charge on any atom is 0.410 e. The second kappa shape index (κ2) is 5.36. The van der Waals surface area contributed by atoms with Gasteiger partial charge in [-0.05, 0) is 13.8 Å². The maximum absolute atomic E-state index is 12.5. The molecule has 3 heterocycles. The number of hydrogen-bond acceptors (Lipinski definition) is 5. The Hall–Kier alpha value is -2.38. The van der Waals surface area contributed by atoms with Crippen molar-refractivity contribution in [3.05, 3.63) is 27.4 Å². The van der Waals surface area contributed by atoms with Crippen molar-refractivity contribution in [2.45, 2.75) is 32.3 Å². The van der Waals surface area contributed by atoms with E-state index in [1.54, 1.807) is 25.8 Å². The van der Waals surface area contributed by atoms with E-state index in [2.05, 4.69) is 9.97 Å². The molecule has 23 heavy (non-hydrogen) atoms. The van der Waals surface area contributed by atoms with Crippen LogP contribution in [0, 0.1) is 13.8 Å². The fourth-order valence-corrected chi connectivity index (χ4v) is 3.28. The molecular weight excluding hydrogens is 300 g/mol. The number of aryl methyl sites for hydroxylation is 2. The van der Waals surface area contributed by atoms with Gasteiger partial charge in [-0.25, -0.2) is 9.78 Å². The molecule has 3 rings (SSSR count). The number of nitrogens with zero attached hydrogens (tertiary/aromatic N) is 3. The number of aromatic nitrogens is 2. The zero-order chi connectivity index (χ0) is 16.8. The van der Waals surface area contributed by atoms with E-state index in [-0.39, 0.29) is 24.0 Å². The van der Waals surface area contributed by atoms with Crippen molar-refractivity contribution in [2.75, 3.05) is 26.7 Å². The number of rotatable bonds is 2. The molecule has 1 aromatic heterocycles. The average molecular weight is 320 g/mol. The number of ether oxygens (including phenoxy) is 1. The minimum absolute atomic E-state index is 0.00825. The first-order valence-corrected chi connectivity index (χ1v) is 7.58. The summed E-state index contributed by atoms with van der Waals surface area (Å²) in [6.45, 7) is 4.81. The molecule has 0 unspecified atom stereocenters. The van der Waals surface area contributed by atoms with Gasteiger partial charge in [0, 0.05) is 31.3 Å². The van der Waals surface area contributed by atoms with E-state index in [9.17, 15) is 14.4 Å². The Balaban J connectivity index is 1.71. The lowest BCUT2D eigenvalue weighted by molar-refractivity contribution is -0.130. The van der Waals surface area contributed by atoms with Crippen molar-refractivity contribution in [3.8, 4) is 0 Å². The van der Waals surface area contributed by atoms with Crippen LogP contribution in [0.2, 0.25) is 0 Å². The lowest BCUT2D eigenvalue weighted by atomic mass is 10.0. The lowest BCUT2D eigenvalue weighted by Gasteiger charge is -2.21. The van der Waals surface area contributed by atoms with Gasteiger partial charge in [0.2, 0.25) is 5.91 Å². The van der Waals surface area contributed by atoms with E-state index in [4.69, 9.17) is 4.74 Å². The van der Waals surface area contributed by atoms with E-state index in [0.717, 1.165) is 0 Å². The fourth-order valence-electron chi connectivity index (χ4n) is 3.28. The highest BCUT2D eigenvalue weighted by Crippen LogP contribution is 2.31. The molecule has 0 saturated carbocycles. The number of aromatic amines is 1. The molecule has 1 N–H and O–H groups in total. The highest BCUT2D eigenvalue weighted by molar-refractivity contribution is 5.79. The van der Waals surface area contributed by atoms with Crippen molar-refractivity contribution in [3.63, 3.8) is 0 Å². The predicted octanol–water partition coefficient (Wildman–Crippen LogP) is -0.0177. The molecule has 8 nitrogen and oxygen atoms in total. The molecule has 1 aromatic rings. The number of H-pyrrole nitrogens is 1. The van der Waals surface area contributed by atoms with Crippen LogP contribution in [-0.2, 0) is 16.0 Å². The molecule has 1 atom stereocenters. The third-order valence-electron chi connectivity index (χ3n) is 4.48. The van der Waals surface area contributed by atoms with Gasteiger partial charge >= 0.3 is 6.09 Å². The van der Waals surface area contributed by atoms with Crippen LogP contribution in [0.3, 0.4) is 0 Å². The van der Waals surface area contributed by atoms with E-state index in [1.165, 1.54) is 4.90 Å². The summed E-state index contributed by atoms with van der Waals surface area (Å²) in [6.07, 6.45) is 0.277. The highest BCUT2D eigenvalue weighted by Gasteiger charge is 2.49. The van der Waals surface area contributed by atoms with Crippen LogP contribution < -0.4 is 5.56 Å². The van der Waals surface area contributed by atoms with Crippen LogP contribution in [0.4, 0.5) is 4.79 Å². The minimum Gasteiger partial charge on any atom is -0.439 e. The lowest BCUT2D eigenvalue weighted by Crippen LogP contribution is -2.40. The van der Waals surface area contributed by atoms with Crippen molar-refractivity contribution >= 4 is 12.0 Å². The fraction of sp³-hybridized carbons (Fsp3) is 0.600. The van der Waals surface area contributed by atoms with Gasteiger partial charge in [0.1, 0.15) is 5.82 Å². The van der Waals surface area contributed by atoms with Gasteiger partial charge in [-0.2, -0.15) is 0 Å². The molecule has 1 spiro atoms. The molecule has 2 fully saturated rings. The third-order valence-corrected chi connectivity index (χ3v) is 4.48. The van der Waals surface area contributed by atoms with Crippen molar-refractivity contribution < 1.29 is 14.3 Å². The summed E-state index contributed by atoms with van der Waals surface area (Å²) in [7, 11) is 1.68. The third kappa shape index (κ3) is 2.80. The average Bonchev–Trinajstić information content (AvgIpc) is 2.98. The Morgan fingerprint density at radius 2 is 2.09 bits per heavy atom. The summed E-state index contributed by atoms with van der Waals surface area (Å²) in [5.74, 6) is 0.386. The molecule has 0 aliphatic carbocycles. The molecule has 2 aliphatic heterocycles. The Morgan fingerprint density at radius 3 is 2.70 bits per heavy atom. The first-order chi connectivity index (χ1) is 10.8. The number of nitrogens with one attached hydrogen (secondary N) is 1. The Morgan fingerprint density at radius 1 is 1.35 bits per heavy atom. The monoisotopic (exact) mass is 320 g/mol. The molecule has 0 bridgehead atoms. The summed E-state index contributed by atoms with van der Waals surface area (Å²) in [6, 6.07) is 0. The van der Waals surface area contributed by atoms with Crippen LogP contribution in [-0.4, -0.2) is 64.1 Å². The molecular formula is C15H20N4O4. The molecule has 8 heteroatoms. The number of amides is 2. The normalized spacial score (nSPS) is 23.7. The van der Waals surface area contributed by atoms with Crippen LogP contribution in [0.1, 0.15) is 23.5 Å². The number of likely N-dealkylation sites (tertiary alicyclic amines) is 1. The Bertz CT molecular complexity index is 729. The first-order valence-electron chi connectivity index (χ1n) is 7.58. The predicted molar refractivity (Wildman–Crippen MR) is 81.1 cm³/mol. The highest BCUT2D eigenvalue weighted by atomic mass is 16.6. The van der Waals surface area contributed by atoms with Crippen LogP contribution in [0.5, 0.6) is 0 Å². The SMILES string of the molecule is Cc1nc(C)c(CC(=O)N2CC[C@@]3(CN(C)C(=O)O3)C2)c(=O)[nH]1. The number of hydrogen-bond donors (Lipinski definition) is 1. The smallest absolute Gasteiger partial charge is 0.410 e. The molecule has 124 valence electrons. The van der Waals surface area contributed by atoms with Crippen LogP contribution in [0.15, 0.2) is 4.79 Å². The van der Waals surface area contributed by atoms with E-state index < -0.39 is 5.60 Å². The van der Waals surface area contributed by atoms with Gasteiger partial charge in [-0.3, -0.25) is 9.59 Å². The first kappa shape index (κ1) is 15.5. The van der Waals surface area contributed by atoms with Gasteiger partial charge in [-0.15, -0.1) is 0 Å². The van der Waals surface area contributed by atoms with Gasteiger partial charge in [0.15, 0.2) is 5.60 Å². The van der Waals surface area contributed by atoms with Crippen LogP contribution in [0.25, 0.3) is 0 Å². The molecule has 2 aliphatic rings. The second-order valence-electron chi connectivity index (χ2n) is 6.36. The summed E-state index contributed by atoms with van der Waals surface area (Å²) in [5, 5.41) is 0. The Labute approximate surface area is 133 Å². The zero-order valence-electron chi connectivity index (χ0n) is 13.5. The zero-order valence-corrected chi connectivity index (χ0v) is 13.5. The van der Waals surface area contributed by atoms with Gasteiger partial charge in [-0.1, -0.05) is 0 Å². The van der Waals surface area contributed by atoms with Crippen molar-refractivity contribution in [2.24, 2.45) is 0 Å². The van der Waals surface area contributed by atoms with E-state index in [0.29, 0.717) is 43.1 Å². The Kier molecular flexibility index (Phi) is 3.62. The number of carbonyl (C=O) groups excluding carboxylic acids is 2. The van der Waals surface area contributed by atoms with E-state index >= 15 is 0 Å². The summed E-state index contributed by atoms with van der Waals surface area (Å²) < 4.78 is 5.43. The van der Waals surface area contributed by atoms with Crippen LogP contribution >= 0.6 is 0 Å². The summed E-state index contributed by atoms with van der Waals surface area (Å²) >= 11 is 0. The van der Waals surface area contributed by atoms with E-state index in [1.807, 2.05) is 0 Å². The maximum atomic E-state index is 12.5. The minimum atomic E-state index is -0.603. The largest absolute Gasteiger partial charge is 0.439 e. The number of likely N-dealkylation sites (N-methyl/N-ethyl adjacent to an activating group) is 1. The van der Waals surface area contributed by atoms with Crippen molar-refractivity contribution in [1.82, 2.24) is 19.8 Å². The molecule has 2 saturated heterocycles. The summed E-state index contributed by atoms with van der Waals surface area (Å²) in [5.41, 5.74) is 0.0843. The standard InChI is InChI=1S/C15H20N4O4/c1-9-11(13(21)17-10(2)16-9)6-12(20)19-5-4-15(8-19)7-18(3)14(22)23-15/h4-8H2,1-3H3,(H,16,17,21)/t15-/m1/s1. The molecule has 0 aromatic carbocycles. The number of carbonyl (C=O) groups is 2. The second-order valence-corrected chi connectivity index (χ2v) is 6.36.